The number of methoxy groups -OCH3 is 1. The Labute approximate surface area is 76.8 Å². The van der Waals surface area contributed by atoms with E-state index in [9.17, 15) is 4.79 Å². The number of carbonyl (C=O) groups is 1. The molecule has 0 aromatic carbocycles. The van der Waals surface area contributed by atoms with Gasteiger partial charge in [-0.1, -0.05) is 0 Å². The molecule has 0 radical (unpaired) electrons. The van der Waals surface area contributed by atoms with Crippen molar-refractivity contribution in [2.45, 2.75) is 13.0 Å². The van der Waals surface area contributed by atoms with Crippen LogP contribution >= 0.6 is 11.8 Å². The molecule has 0 spiro atoms. The molecule has 0 amide bonds. The first-order valence-electron chi connectivity index (χ1n) is 3.71. The maximum Gasteiger partial charge on any atom is 0.323 e. The van der Waals surface area contributed by atoms with Crippen LogP contribution < -0.4 is 5.73 Å². The van der Waals surface area contributed by atoms with Crippen molar-refractivity contribution < 1.29 is 14.3 Å². The fourth-order valence-electron chi connectivity index (χ4n) is 0.537. The number of nitrogens with two attached hydrogens (primary N) is 1. The lowest BCUT2D eigenvalue weighted by atomic mass is 10.4. The highest BCUT2D eigenvalue weighted by Crippen LogP contribution is 2.02. The summed E-state index contributed by atoms with van der Waals surface area (Å²) in [6.45, 7) is 2.60. The maximum atomic E-state index is 10.8. The normalized spacial score (nSPS) is 12.6. The average Bonchev–Trinajstić information content (AvgIpc) is 2.10. The Kier molecular flexibility index (Phi) is 7.23. The van der Waals surface area contributed by atoms with Gasteiger partial charge in [-0.3, -0.25) is 4.79 Å². The Morgan fingerprint density at radius 2 is 2.33 bits per heavy atom. The van der Waals surface area contributed by atoms with Crippen LogP contribution in [0.3, 0.4) is 0 Å². The Hall–Kier alpha value is -0.260. The summed E-state index contributed by atoms with van der Waals surface area (Å²) in [7, 11) is 1.33. The van der Waals surface area contributed by atoms with E-state index in [0.717, 1.165) is 0 Å². The summed E-state index contributed by atoms with van der Waals surface area (Å²) in [6, 6.07) is -0.541. The largest absolute Gasteiger partial charge is 0.468 e. The van der Waals surface area contributed by atoms with E-state index in [2.05, 4.69) is 4.74 Å². The van der Waals surface area contributed by atoms with Crippen LogP contribution in [0.1, 0.15) is 6.92 Å². The number of thioether (sulfide) groups is 1. The summed E-state index contributed by atoms with van der Waals surface area (Å²) in [5.74, 6) is 0.729. The number of ether oxygens (including phenoxy) is 2. The van der Waals surface area contributed by atoms with Crippen molar-refractivity contribution in [1.82, 2.24) is 0 Å². The van der Waals surface area contributed by atoms with E-state index in [1.54, 1.807) is 0 Å². The molecule has 12 heavy (non-hydrogen) atoms. The standard InChI is InChI=1S/C7H15NO3S/c1-3-11-5-12-4-6(8)7(9)10-2/h6H,3-5,8H2,1-2H3. The van der Waals surface area contributed by atoms with Crippen LogP contribution in [0.2, 0.25) is 0 Å². The molecule has 0 aromatic rings. The summed E-state index contributed by atoms with van der Waals surface area (Å²) in [5.41, 5.74) is 5.46. The summed E-state index contributed by atoms with van der Waals surface area (Å²) in [6.07, 6.45) is 0. The van der Waals surface area contributed by atoms with Crippen LogP contribution in [0.15, 0.2) is 0 Å². The second-order valence-corrected chi connectivity index (χ2v) is 3.09. The lowest BCUT2D eigenvalue weighted by Crippen LogP contribution is -2.34. The summed E-state index contributed by atoms with van der Waals surface area (Å²) in [4.78, 5) is 10.8. The third-order valence-electron chi connectivity index (χ3n) is 1.17. The molecular weight excluding hydrogens is 178 g/mol. The zero-order valence-corrected chi connectivity index (χ0v) is 8.23. The van der Waals surface area contributed by atoms with Gasteiger partial charge in [0, 0.05) is 12.4 Å². The Morgan fingerprint density at radius 3 is 2.83 bits per heavy atom. The first-order chi connectivity index (χ1) is 5.72. The molecule has 0 aliphatic rings. The van der Waals surface area contributed by atoms with E-state index < -0.39 is 6.04 Å². The van der Waals surface area contributed by atoms with Crippen molar-refractivity contribution in [1.29, 1.82) is 0 Å². The molecule has 1 atom stereocenters. The lowest BCUT2D eigenvalue weighted by Gasteiger charge is -2.07. The minimum absolute atomic E-state index is 0.376. The maximum absolute atomic E-state index is 10.8. The minimum Gasteiger partial charge on any atom is -0.468 e. The Bertz CT molecular complexity index is 132. The topological polar surface area (TPSA) is 61.5 Å². The molecule has 0 heterocycles. The second kappa shape index (κ2) is 7.39. The van der Waals surface area contributed by atoms with Gasteiger partial charge in [-0.15, -0.1) is 11.8 Å². The van der Waals surface area contributed by atoms with Crippen LogP contribution in [-0.4, -0.2) is 37.4 Å². The van der Waals surface area contributed by atoms with Crippen LogP contribution in [0.25, 0.3) is 0 Å². The van der Waals surface area contributed by atoms with E-state index in [-0.39, 0.29) is 5.97 Å². The molecule has 0 aromatic heterocycles. The third-order valence-corrected chi connectivity index (χ3v) is 2.10. The van der Waals surface area contributed by atoms with E-state index in [1.165, 1.54) is 18.9 Å². The molecule has 0 aliphatic heterocycles. The number of hydrogen-bond acceptors (Lipinski definition) is 5. The molecule has 4 nitrogen and oxygen atoms in total. The average molecular weight is 193 g/mol. The Morgan fingerprint density at radius 1 is 1.67 bits per heavy atom. The number of hydrogen-bond donors (Lipinski definition) is 1. The van der Waals surface area contributed by atoms with Crippen molar-refractivity contribution in [2.24, 2.45) is 5.73 Å². The highest BCUT2D eigenvalue weighted by molar-refractivity contribution is 7.99. The zero-order chi connectivity index (χ0) is 9.40. The molecule has 0 rings (SSSR count). The van der Waals surface area contributed by atoms with Gasteiger partial charge in [0.05, 0.1) is 13.0 Å². The Balaban J connectivity index is 3.31. The lowest BCUT2D eigenvalue weighted by molar-refractivity contribution is -0.141. The van der Waals surface area contributed by atoms with Crippen molar-refractivity contribution >= 4 is 17.7 Å². The van der Waals surface area contributed by atoms with Gasteiger partial charge in [0.25, 0.3) is 0 Å². The smallest absolute Gasteiger partial charge is 0.323 e. The second-order valence-electron chi connectivity index (χ2n) is 2.11. The predicted molar refractivity (Wildman–Crippen MR) is 48.9 cm³/mol. The predicted octanol–water partition coefficient (Wildman–Crippen LogP) is 0.214. The number of rotatable bonds is 6. The van der Waals surface area contributed by atoms with Crippen LogP contribution in [-0.2, 0) is 14.3 Å². The van der Waals surface area contributed by atoms with E-state index >= 15 is 0 Å². The third kappa shape index (κ3) is 5.40. The molecule has 2 N–H and O–H groups in total. The van der Waals surface area contributed by atoms with Gasteiger partial charge in [-0.05, 0) is 6.92 Å². The molecule has 72 valence electrons. The van der Waals surface area contributed by atoms with Crippen LogP contribution in [0.5, 0.6) is 0 Å². The minimum atomic E-state index is -0.541. The monoisotopic (exact) mass is 193 g/mol. The molecule has 0 aliphatic carbocycles. The van der Waals surface area contributed by atoms with Gasteiger partial charge in [0.15, 0.2) is 0 Å². The van der Waals surface area contributed by atoms with Gasteiger partial charge in [-0.25, -0.2) is 0 Å². The summed E-state index contributed by atoms with van der Waals surface area (Å²) < 4.78 is 9.50. The molecule has 5 heteroatoms. The van der Waals surface area contributed by atoms with Gasteiger partial charge < -0.3 is 15.2 Å². The zero-order valence-electron chi connectivity index (χ0n) is 7.41. The van der Waals surface area contributed by atoms with Crippen molar-refractivity contribution in [3.8, 4) is 0 Å². The molecule has 0 fully saturated rings. The van der Waals surface area contributed by atoms with Gasteiger partial charge in [0.2, 0.25) is 0 Å². The first kappa shape index (κ1) is 11.7. The quantitative estimate of drug-likeness (QED) is 0.371. The molecular formula is C7H15NO3S. The summed E-state index contributed by atoms with van der Waals surface area (Å²) >= 11 is 1.48. The molecule has 1 unspecified atom stereocenters. The number of esters is 1. The van der Waals surface area contributed by atoms with Crippen molar-refractivity contribution in [2.75, 3.05) is 25.4 Å². The van der Waals surface area contributed by atoms with Gasteiger partial charge >= 0.3 is 5.97 Å². The fraction of sp³-hybridized carbons (Fsp3) is 0.857. The molecule has 0 saturated heterocycles. The number of carbonyl (C=O) groups excluding carboxylic acids is 1. The highest BCUT2D eigenvalue weighted by Gasteiger charge is 2.12. The highest BCUT2D eigenvalue weighted by atomic mass is 32.2. The van der Waals surface area contributed by atoms with Gasteiger partial charge in [-0.2, -0.15) is 0 Å². The first-order valence-corrected chi connectivity index (χ1v) is 4.86. The van der Waals surface area contributed by atoms with Crippen LogP contribution in [0.4, 0.5) is 0 Å². The van der Waals surface area contributed by atoms with E-state index in [0.29, 0.717) is 18.3 Å². The van der Waals surface area contributed by atoms with E-state index in [1.807, 2.05) is 6.92 Å². The van der Waals surface area contributed by atoms with Crippen molar-refractivity contribution in [3.63, 3.8) is 0 Å². The van der Waals surface area contributed by atoms with Crippen molar-refractivity contribution in [3.05, 3.63) is 0 Å². The fourth-order valence-corrected chi connectivity index (χ4v) is 1.31. The molecule has 0 saturated carbocycles. The van der Waals surface area contributed by atoms with E-state index in [4.69, 9.17) is 10.5 Å². The summed E-state index contributed by atoms with van der Waals surface area (Å²) in [5, 5.41) is 0. The van der Waals surface area contributed by atoms with Gasteiger partial charge in [0.1, 0.15) is 6.04 Å². The SMILES string of the molecule is CCOCSCC(N)C(=O)OC. The van der Waals surface area contributed by atoms with Crippen LogP contribution in [0, 0.1) is 0 Å². The molecule has 0 bridgehead atoms.